The van der Waals surface area contributed by atoms with Gasteiger partial charge in [0.1, 0.15) is 23.0 Å². The van der Waals surface area contributed by atoms with Crippen LogP contribution in [0.1, 0.15) is 5.56 Å². The molecule has 16 rings (SSSR count). The first-order valence-electron chi connectivity index (χ1n) is 27.8. The first kappa shape index (κ1) is 47.1. The van der Waals surface area contributed by atoms with Gasteiger partial charge in [-0.2, -0.15) is 5.26 Å². The van der Waals surface area contributed by atoms with Gasteiger partial charge in [0.15, 0.2) is 0 Å². The number of benzene rings is 12. The lowest BCUT2D eigenvalue weighted by Crippen LogP contribution is -2.63. The molecular weight excluding hydrogens is 1000 g/mol. The van der Waals surface area contributed by atoms with Crippen molar-refractivity contribution in [1.82, 2.24) is 0 Å². The Kier molecular flexibility index (Phi) is 11.0. The smallest absolute Gasteiger partial charge is 0.256 e. The minimum absolute atomic E-state index is 0.267. The van der Waals surface area contributed by atoms with Gasteiger partial charge in [0, 0.05) is 69.0 Å². The Balaban J connectivity index is 0.997. The van der Waals surface area contributed by atoms with Crippen LogP contribution in [-0.2, 0) is 0 Å². The van der Waals surface area contributed by atoms with E-state index in [2.05, 4.69) is 287 Å². The zero-order valence-corrected chi connectivity index (χ0v) is 44.3. The molecule has 4 aliphatic heterocycles. The molecular formula is C73H47B2N5O2. The van der Waals surface area contributed by atoms with Crippen molar-refractivity contribution in [2.24, 2.45) is 0 Å². The summed E-state index contributed by atoms with van der Waals surface area (Å²) in [6, 6.07) is 103. The number of hydrogen-bond acceptors (Lipinski definition) is 7. The van der Waals surface area contributed by atoms with Crippen molar-refractivity contribution in [2.45, 2.75) is 0 Å². The highest BCUT2D eigenvalue weighted by atomic mass is 16.5. The van der Waals surface area contributed by atoms with E-state index in [-0.39, 0.29) is 13.4 Å². The molecule has 382 valence electrons. The third-order valence-corrected chi connectivity index (χ3v) is 16.5. The lowest BCUT2D eigenvalue weighted by atomic mass is 9.30. The molecule has 0 bridgehead atoms. The van der Waals surface area contributed by atoms with Crippen molar-refractivity contribution in [3.05, 3.63) is 291 Å². The first-order chi connectivity index (χ1) is 40.7. The highest BCUT2D eigenvalue weighted by Crippen LogP contribution is 2.52. The van der Waals surface area contributed by atoms with Crippen LogP contribution in [0, 0.1) is 11.3 Å². The maximum absolute atomic E-state index is 10.2. The van der Waals surface area contributed by atoms with Gasteiger partial charge in [0.25, 0.3) is 13.4 Å². The Morgan fingerprint density at radius 2 is 0.683 bits per heavy atom. The predicted molar refractivity (Wildman–Crippen MR) is 338 cm³/mol. The van der Waals surface area contributed by atoms with Gasteiger partial charge in [-0.15, -0.1) is 0 Å². The fourth-order valence-electron chi connectivity index (χ4n) is 13.1. The Bertz CT molecular complexity index is 4150. The number of para-hydroxylation sites is 8. The van der Waals surface area contributed by atoms with Gasteiger partial charge in [0.05, 0.1) is 28.6 Å². The number of ether oxygens (including phenoxy) is 2. The molecule has 0 amide bonds. The lowest BCUT2D eigenvalue weighted by molar-refractivity contribution is 0.469. The Morgan fingerprint density at radius 1 is 0.329 bits per heavy atom. The molecule has 0 saturated carbocycles. The van der Waals surface area contributed by atoms with E-state index in [1.165, 1.54) is 0 Å². The summed E-state index contributed by atoms with van der Waals surface area (Å²) in [6.07, 6.45) is 0. The molecule has 0 fully saturated rings. The van der Waals surface area contributed by atoms with E-state index in [1.54, 1.807) is 0 Å². The summed E-state index contributed by atoms with van der Waals surface area (Å²) in [5.74, 6) is 2.91. The van der Waals surface area contributed by atoms with Crippen LogP contribution in [-0.4, -0.2) is 13.4 Å². The zero-order chi connectivity index (χ0) is 54.3. The topological polar surface area (TPSA) is 55.2 Å². The van der Waals surface area contributed by atoms with E-state index in [0.29, 0.717) is 17.1 Å². The monoisotopic (exact) mass is 1050 g/mol. The van der Waals surface area contributed by atoms with E-state index in [1.807, 2.05) is 24.3 Å². The molecule has 0 atom stereocenters. The van der Waals surface area contributed by atoms with Crippen molar-refractivity contribution >= 4 is 114 Å². The molecule has 82 heavy (non-hydrogen) atoms. The zero-order valence-electron chi connectivity index (χ0n) is 44.3. The van der Waals surface area contributed by atoms with E-state index in [4.69, 9.17) is 9.47 Å². The number of nitrogens with zero attached hydrogens (tertiary/aromatic N) is 5. The first-order valence-corrected chi connectivity index (χ1v) is 27.8. The average Bonchev–Trinajstić information content (AvgIpc) is 3.59. The summed E-state index contributed by atoms with van der Waals surface area (Å²) in [7, 11) is 0. The van der Waals surface area contributed by atoms with Crippen LogP contribution in [0.2, 0.25) is 0 Å². The number of rotatable bonds is 9. The van der Waals surface area contributed by atoms with Gasteiger partial charge >= 0.3 is 0 Å². The molecule has 0 aromatic heterocycles. The third kappa shape index (κ3) is 7.46. The van der Waals surface area contributed by atoms with Crippen molar-refractivity contribution in [1.29, 1.82) is 5.26 Å². The standard InChI is InChI=1S/C73H47B2N5O2/c76-48-49-39-41-50(42-40-49)69-72-61(74-59-35-19-21-37-63(59)79(55-31-15-5-16-32-55)65-43-57(45-67(81-72)70(65)74)77(51-23-7-1-8-24-51)52-25-9-2-10-26-52)47-62-73(69)82-68-46-58(78(53-27-11-3-12-28-53)54-29-13-4-14-30-54)44-66-71(68)75(62)60-36-20-22-38-64(60)80(66)56-33-17-6-18-34-56/h1-47H. The SMILES string of the molecule is N#Cc1ccc(-c2c3c(cc4c2Oc2cc(N(c5ccccc5)c5ccccc5)cc5c2B4c2ccccc2N5c2ccccc2)B2c4ccccc4N(c4ccccc4)c4cc(N(c5ccccc5)c5ccccc5)cc(c42)O3)cc1. The highest BCUT2D eigenvalue weighted by Gasteiger charge is 2.49. The molecule has 0 aliphatic carbocycles. The van der Waals surface area contributed by atoms with Crippen LogP contribution in [0.5, 0.6) is 23.0 Å². The third-order valence-electron chi connectivity index (χ3n) is 16.5. The van der Waals surface area contributed by atoms with Crippen molar-refractivity contribution in [3.63, 3.8) is 0 Å². The minimum Gasteiger partial charge on any atom is -0.457 e. The van der Waals surface area contributed by atoms with Gasteiger partial charge in [-0.1, -0.05) is 164 Å². The molecule has 0 N–H and O–H groups in total. The minimum atomic E-state index is -0.267. The molecule has 0 unspecified atom stereocenters. The molecule has 9 heteroatoms. The van der Waals surface area contributed by atoms with Crippen LogP contribution in [0.3, 0.4) is 0 Å². The van der Waals surface area contributed by atoms with E-state index >= 15 is 0 Å². The quantitative estimate of drug-likeness (QED) is 0.134. The summed E-state index contributed by atoms with van der Waals surface area (Å²) in [5.41, 5.74) is 21.1. The van der Waals surface area contributed by atoms with Crippen LogP contribution in [0.4, 0.5) is 68.2 Å². The molecule has 12 aromatic rings. The maximum atomic E-state index is 10.2. The summed E-state index contributed by atoms with van der Waals surface area (Å²) in [4.78, 5) is 9.43. The second-order valence-corrected chi connectivity index (χ2v) is 21.1. The Hall–Kier alpha value is -10.9. The second-order valence-electron chi connectivity index (χ2n) is 21.1. The summed E-state index contributed by atoms with van der Waals surface area (Å²) in [6.45, 7) is -0.534. The molecule has 4 heterocycles. The molecule has 0 saturated heterocycles. The predicted octanol–water partition coefficient (Wildman–Crippen LogP) is 15.0. The Labute approximate surface area is 477 Å². The second kappa shape index (κ2) is 19.2. The average molecular weight is 1050 g/mol. The van der Waals surface area contributed by atoms with Crippen molar-refractivity contribution < 1.29 is 9.47 Å². The molecule has 0 radical (unpaired) electrons. The van der Waals surface area contributed by atoms with Gasteiger partial charge in [-0.25, -0.2) is 0 Å². The van der Waals surface area contributed by atoms with E-state index in [0.717, 1.165) is 124 Å². The van der Waals surface area contributed by atoms with Crippen LogP contribution in [0.25, 0.3) is 11.1 Å². The largest absolute Gasteiger partial charge is 0.457 e. The molecule has 4 aliphatic rings. The van der Waals surface area contributed by atoms with Gasteiger partial charge in [-0.05, 0) is 148 Å². The lowest BCUT2D eigenvalue weighted by Gasteiger charge is -2.43. The maximum Gasteiger partial charge on any atom is 0.256 e. The normalized spacial score (nSPS) is 12.7. The van der Waals surface area contributed by atoms with E-state index < -0.39 is 0 Å². The van der Waals surface area contributed by atoms with Gasteiger partial charge in [0.2, 0.25) is 0 Å². The molecule has 0 spiro atoms. The van der Waals surface area contributed by atoms with Gasteiger partial charge in [-0.3, -0.25) is 0 Å². The number of nitriles is 1. The van der Waals surface area contributed by atoms with Crippen molar-refractivity contribution in [2.75, 3.05) is 19.6 Å². The van der Waals surface area contributed by atoms with Crippen LogP contribution >= 0.6 is 0 Å². The molecule has 7 nitrogen and oxygen atoms in total. The van der Waals surface area contributed by atoms with E-state index in [9.17, 15) is 5.26 Å². The number of fused-ring (bicyclic) bond motifs is 8. The summed E-state index contributed by atoms with van der Waals surface area (Å²) < 4.78 is 15.6. The fraction of sp³-hybridized carbons (Fsp3) is 0. The van der Waals surface area contributed by atoms with Crippen LogP contribution < -0.4 is 61.9 Å². The van der Waals surface area contributed by atoms with Gasteiger partial charge < -0.3 is 29.1 Å². The highest BCUT2D eigenvalue weighted by molar-refractivity contribution is 7.02. The van der Waals surface area contributed by atoms with Crippen molar-refractivity contribution in [3.8, 4) is 40.2 Å². The Morgan fingerprint density at radius 3 is 1.06 bits per heavy atom. The number of hydrogen-bond donors (Lipinski definition) is 0. The number of anilines is 12. The van der Waals surface area contributed by atoms with Crippen LogP contribution in [0.15, 0.2) is 285 Å². The molecule has 12 aromatic carbocycles. The fourth-order valence-corrected chi connectivity index (χ4v) is 13.1. The summed E-state index contributed by atoms with van der Waals surface area (Å²) in [5, 5.41) is 10.2. The summed E-state index contributed by atoms with van der Waals surface area (Å²) >= 11 is 0.